The van der Waals surface area contributed by atoms with Crippen molar-refractivity contribution in [3.63, 3.8) is 0 Å². The van der Waals surface area contributed by atoms with Crippen LogP contribution in [-0.2, 0) is 0 Å². The number of hydrogen-bond acceptors (Lipinski definition) is 2. The molecule has 0 aromatic heterocycles. The van der Waals surface area contributed by atoms with Crippen LogP contribution >= 0.6 is 12.6 Å². The second-order valence-corrected chi connectivity index (χ2v) is 4.75. The SMILES string of the molecule is CCC(C)C(C)CC(C)(O)S. The van der Waals surface area contributed by atoms with Crippen LogP contribution in [0.1, 0.15) is 40.5 Å². The fourth-order valence-corrected chi connectivity index (χ4v) is 1.50. The van der Waals surface area contributed by atoms with Crippen molar-refractivity contribution in [2.45, 2.75) is 45.5 Å². The maximum Gasteiger partial charge on any atom is 0.105 e. The fraction of sp³-hybridized carbons (Fsp3) is 1.00. The number of hydrogen-bond donors (Lipinski definition) is 2. The third-order valence-electron chi connectivity index (χ3n) is 2.32. The van der Waals surface area contributed by atoms with E-state index in [1.165, 1.54) is 6.42 Å². The maximum atomic E-state index is 9.40. The van der Waals surface area contributed by atoms with Gasteiger partial charge < -0.3 is 5.11 Å². The number of aliphatic hydroxyl groups is 1. The highest BCUT2D eigenvalue weighted by molar-refractivity contribution is 7.81. The second kappa shape index (κ2) is 4.36. The Morgan fingerprint density at radius 1 is 1.36 bits per heavy atom. The van der Waals surface area contributed by atoms with E-state index in [-0.39, 0.29) is 0 Å². The molecule has 1 nitrogen and oxygen atoms in total. The lowest BCUT2D eigenvalue weighted by Crippen LogP contribution is -2.22. The summed E-state index contributed by atoms with van der Waals surface area (Å²) in [7, 11) is 0. The summed E-state index contributed by atoms with van der Waals surface area (Å²) >= 11 is 4.08. The van der Waals surface area contributed by atoms with Crippen LogP contribution in [0, 0.1) is 11.8 Å². The van der Waals surface area contributed by atoms with Gasteiger partial charge in [-0.2, -0.15) is 0 Å². The molecule has 0 aromatic rings. The van der Waals surface area contributed by atoms with Gasteiger partial charge in [-0.3, -0.25) is 0 Å². The summed E-state index contributed by atoms with van der Waals surface area (Å²) in [6, 6.07) is 0. The largest absolute Gasteiger partial charge is 0.380 e. The van der Waals surface area contributed by atoms with Gasteiger partial charge in [0.2, 0.25) is 0 Å². The van der Waals surface area contributed by atoms with Crippen molar-refractivity contribution in [2.24, 2.45) is 11.8 Å². The standard InChI is InChI=1S/C9H20OS/c1-5-7(2)8(3)6-9(4,10)11/h7-8,10-11H,5-6H2,1-4H3. The first-order valence-electron chi connectivity index (χ1n) is 4.31. The smallest absolute Gasteiger partial charge is 0.105 e. The van der Waals surface area contributed by atoms with Gasteiger partial charge >= 0.3 is 0 Å². The molecule has 0 rings (SSSR count). The predicted octanol–water partition coefficient (Wildman–Crippen LogP) is 2.70. The second-order valence-electron chi connectivity index (χ2n) is 3.78. The lowest BCUT2D eigenvalue weighted by Gasteiger charge is -2.25. The Bertz CT molecular complexity index is 107. The molecule has 0 spiro atoms. The Kier molecular flexibility index (Phi) is 4.49. The monoisotopic (exact) mass is 176 g/mol. The fourth-order valence-electron chi connectivity index (χ4n) is 1.21. The minimum absolute atomic E-state index is 0.549. The van der Waals surface area contributed by atoms with E-state index in [0.29, 0.717) is 11.8 Å². The molecule has 0 radical (unpaired) electrons. The van der Waals surface area contributed by atoms with E-state index in [4.69, 9.17) is 0 Å². The Morgan fingerprint density at radius 2 is 1.82 bits per heavy atom. The van der Waals surface area contributed by atoms with Crippen molar-refractivity contribution >= 4 is 12.6 Å². The summed E-state index contributed by atoms with van der Waals surface area (Å²) < 4.78 is 0. The highest BCUT2D eigenvalue weighted by Crippen LogP contribution is 2.26. The molecule has 1 N–H and O–H groups in total. The van der Waals surface area contributed by atoms with Crippen LogP contribution in [0.4, 0.5) is 0 Å². The Morgan fingerprint density at radius 3 is 2.09 bits per heavy atom. The minimum Gasteiger partial charge on any atom is -0.380 e. The molecule has 0 aliphatic rings. The van der Waals surface area contributed by atoms with Crippen LogP contribution in [0.2, 0.25) is 0 Å². The summed E-state index contributed by atoms with van der Waals surface area (Å²) in [5.74, 6) is 1.22. The highest BCUT2D eigenvalue weighted by atomic mass is 32.1. The first-order valence-corrected chi connectivity index (χ1v) is 4.76. The lowest BCUT2D eigenvalue weighted by molar-refractivity contribution is 0.117. The Hall–Kier alpha value is 0.310. The van der Waals surface area contributed by atoms with E-state index in [0.717, 1.165) is 6.42 Å². The maximum absolute atomic E-state index is 9.40. The van der Waals surface area contributed by atoms with Crippen LogP contribution in [0.3, 0.4) is 0 Å². The van der Waals surface area contributed by atoms with Gasteiger partial charge in [0, 0.05) is 0 Å². The zero-order valence-electron chi connectivity index (χ0n) is 7.96. The molecule has 0 saturated heterocycles. The lowest BCUT2D eigenvalue weighted by atomic mass is 9.89. The van der Waals surface area contributed by atoms with E-state index in [9.17, 15) is 5.11 Å². The van der Waals surface area contributed by atoms with E-state index in [1.54, 1.807) is 6.92 Å². The van der Waals surface area contributed by atoms with Crippen molar-refractivity contribution in [3.8, 4) is 0 Å². The van der Waals surface area contributed by atoms with Crippen LogP contribution in [-0.4, -0.2) is 10.0 Å². The molecule has 0 saturated carbocycles. The number of rotatable bonds is 4. The predicted molar refractivity (Wildman–Crippen MR) is 52.8 cm³/mol. The molecule has 0 bridgehead atoms. The third kappa shape index (κ3) is 5.57. The van der Waals surface area contributed by atoms with Crippen molar-refractivity contribution in [3.05, 3.63) is 0 Å². The average molecular weight is 176 g/mol. The summed E-state index contributed by atoms with van der Waals surface area (Å²) in [5, 5.41) is 9.40. The number of thiol groups is 1. The molecule has 0 heterocycles. The zero-order chi connectivity index (χ0) is 9.07. The molecule has 11 heavy (non-hydrogen) atoms. The van der Waals surface area contributed by atoms with Gasteiger partial charge in [0.05, 0.1) is 0 Å². The molecule has 68 valence electrons. The molecule has 0 aliphatic carbocycles. The van der Waals surface area contributed by atoms with Crippen molar-refractivity contribution in [1.29, 1.82) is 0 Å². The summed E-state index contributed by atoms with van der Waals surface area (Å²) in [4.78, 5) is -0.803. The van der Waals surface area contributed by atoms with Crippen LogP contribution in [0.25, 0.3) is 0 Å². The van der Waals surface area contributed by atoms with Gasteiger partial charge in [-0.15, -0.1) is 12.6 Å². The van der Waals surface area contributed by atoms with E-state index < -0.39 is 4.93 Å². The Labute approximate surface area is 75.6 Å². The normalized spacial score (nSPS) is 22.4. The van der Waals surface area contributed by atoms with E-state index in [1.807, 2.05) is 0 Å². The van der Waals surface area contributed by atoms with E-state index >= 15 is 0 Å². The Balaban J connectivity index is 3.77. The van der Waals surface area contributed by atoms with Crippen molar-refractivity contribution in [1.82, 2.24) is 0 Å². The van der Waals surface area contributed by atoms with Crippen LogP contribution < -0.4 is 0 Å². The first-order chi connectivity index (χ1) is 4.87. The topological polar surface area (TPSA) is 20.2 Å². The molecule has 0 fully saturated rings. The van der Waals surface area contributed by atoms with Gasteiger partial charge in [0.25, 0.3) is 0 Å². The summed E-state index contributed by atoms with van der Waals surface area (Å²) in [6.07, 6.45) is 1.94. The van der Waals surface area contributed by atoms with Gasteiger partial charge in [-0.25, -0.2) is 0 Å². The van der Waals surface area contributed by atoms with Gasteiger partial charge in [0.1, 0.15) is 4.93 Å². The molecular weight excluding hydrogens is 156 g/mol. The third-order valence-corrected chi connectivity index (χ3v) is 2.51. The van der Waals surface area contributed by atoms with Gasteiger partial charge in [-0.1, -0.05) is 27.2 Å². The van der Waals surface area contributed by atoms with Crippen LogP contribution in [0.15, 0.2) is 0 Å². The highest BCUT2D eigenvalue weighted by Gasteiger charge is 2.20. The van der Waals surface area contributed by atoms with E-state index in [2.05, 4.69) is 33.4 Å². The van der Waals surface area contributed by atoms with Gasteiger partial charge in [0.15, 0.2) is 0 Å². The summed E-state index contributed by atoms with van der Waals surface area (Å²) in [5.41, 5.74) is 0. The zero-order valence-corrected chi connectivity index (χ0v) is 8.86. The molecule has 0 aromatic carbocycles. The average Bonchev–Trinajstić information content (AvgIpc) is 1.82. The molecule has 0 amide bonds. The first kappa shape index (κ1) is 11.3. The molecule has 2 heteroatoms. The quantitative estimate of drug-likeness (QED) is 0.498. The molecular formula is C9H20OS. The molecule has 0 aliphatic heterocycles. The van der Waals surface area contributed by atoms with Crippen LogP contribution in [0.5, 0.6) is 0 Å². The molecule has 3 unspecified atom stereocenters. The van der Waals surface area contributed by atoms with Crippen molar-refractivity contribution < 1.29 is 5.11 Å². The minimum atomic E-state index is -0.803. The van der Waals surface area contributed by atoms with Crippen molar-refractivity contribution in [2.75, 3.05) is 0 Å². The van der Waals surface area contributed by atoms with Gasteiger partial charge in [-0.05, 0) is 25.2 Å². The molecule has 3 atom stereocenters. The summed E-state index contributed by atoms with van der Waals surface area (Å²) in [6.45, 7) is 8.30.